The highest BCUT2D eigenvalue weighted by Crippen LogP contribution is 2.23. The molecule has 152 valence electrons. The fourth-order valence-electron chi connectivity index (χ4n) is 2.54. The van der Waals surface area contributed by atoms with Crippen LogP contribution in [0.25, 0.3) is 0 Å². The summed E-state index contributed by atoms with van der Waals surface area (Å²) < 4.78 is 15.9. The van der Waals surface area contributed by atoms with E-state index in [2.05, 4.69) is 13.2 Å². The average molecular weight is 381 g/mol. The number of rotatable bonds is 9. The molecular formula is C20H31NO6. The van der Waals surface area contributed by atoms with Gasteiger partial charge in [-0.15, -0.1) is 0 Å². The van der Waals surface area contributed by atoms with Crippen molar-refractivity contribution in [1.29, 1.82) is 0 Å². The molecule has 7 nitrogen and oxygen atoms in total. The van der Waals surface area contributed by atoms with E-state index in [9.17, 15) is 14.4 Å². The zero-order valence-corrected chi connectivity index (χ0v) is 16.7. The van der Waals surface area contributed by atoms with E-state index in [1.54, 1.807) is 25.7 Å². The summed E-state index contributed by atoms with van der Waals surface area (Å²) in [6.45, 7) is 13.5. The average Bonchev–Trinajstić information content (AvgIpc) is 2.61. The third kappa shape index (κ3) is 8.28. The van der Waals surface area contributed by atoms with Crippen LogP contribution in [0.1, 0.15) is 52.9 Å². The zero-order valence-electron chi connectivity index (χ0n) is 16.7. The van der Waals surface area contributed by atoms with Crippen molar-refractivity contribution >= 4 is 18.0 Å². The van der Waals surface area contributed by atoms with Gasteiger partial charge in [0.25, 0.3) is 0 Å². The first-order chi connectivity index (χ1) is 12.6. The second kappa shape index (κ2) is 10.7. The van der Waals surface area contributed by atoms with Crippen molar-refractivity contribution < 1.29 is 28.6 Å². The van der Waals surface area contributed by atoms with E-state index in [-0.39, 0.29) is 37.7 Å². The Morgan fingerprint density at radius 3 is 1.93 bits per heavy atom. The van der Waals surface area contributed by atoms with Crippen LogP contribution >= 0.6 is 0 Å². The normalized spacial score (nSPS) is 16.0. The molecule has 0 bridgehead atoms. The van der Waals surface area contributed by atoms with Gasteiger partial charge in [0.05, 0.1) is 13.2 Å². The molecule has 1 amide bonds. The predicted molar refractivity (Wildman–Crippen MR) is 101 cm³/mol. The summed E-state index contributed by atoms with van der Waals surface area (Å²) in [4.78, 5) is 37.3. The number of piperidine rings is 1. The molecule has 0 aromatic rings. The Morgan fingerprint density at radius 2 is 1.41 bits per heavy atom. The largest absolute Gasteiger partial charge is 0.462 e. The van der Waals surface area contributed by atoms with Gasteiger partial charge in [0, 0.05) is 37.1 Å². The number of likely N-dealkylation sites (tertiary alicyclic amines) is 1. The van der Waals surface area contributed by atoms with Crippen molar-refractivity contribution in [2.24, 2.45) is 0 Å². The van der Waals surface area contributed by atoms with E-state index in [1.165, 1.54) is 0 Å². The third-order valence-electron chi connectivity index (χ3n) is 4.37. The standard InChI is InChI=1S/C20H31NO6/c1-15(2)17(22)25-13-9-20(5,27-18(23)16(3)4)10-14-26-19(24)21-11-7-6-8-12-21/h1,3,6-14H2,2,4-5H3. The highest BCUT2D eigenvalue weighted by molar-refractivity contribution is 5.87. The molecule has 0 radical (unpaired) electrons. The molecule has 1 atom stereocenters. The van der Waals surface area contributed by atoms with Crippen LogP contribution in [0, 0.1) is 0 Å². The van der Waals surface area contributed by atoms with Crippen LogP contribution in [-0.4, -0.2) is 54.8 Å². The van der Waals surface area contributed by atoms with E-state index in [4.69, 9.17) is 14.2 Å². The molecule has 1 fully saturated rings. The molecule has 27 heavy (non-hydrogen) atoms. The molecule has 0 aromatic carbocycles. The lowest BCUT2D eigenvalue weighted by atomic mass is 9.98. The van der Waals surface area contributed by atoms with Crippen molar-refractivity contribution in [1.82, 2.24) is 4.90 Å². The zero-order chi connectivity index (χ0) is 20.4. The summed E-state index contributed by atoms with van der Waals surface area (Å²) in [7, 11) is 0. The predicted octanol–water partition coefficient (Wildman–Crippen LogP) is 3.39. The lowest BCUT2D eigenvalue weighted by Crippen LogP contribution is -2.38. The number of hydrogen-bond acceptors (Lipinski definition) is 6. The first kappa shape index (κ1) is 22.7. The minimum atomic E-state index is -0.951. The molecular weight excluding hydrogens is 350 g/mol. The second-order valence-corrected chi connectivity index (χ2v) is 7.20. The Balaban J connectivity index is 2.57. The molecule has 1 aliphatic heterocycles. The summed E-state index contributed by atoms with van der Waals surface area (Å²) in [6.07, 6.45) is 3.30. The minimum absolute atomic E-state index is 0.0612. The van der Waals surface area contributed by atoms with Gasteiger partial charge < -0.3 is 19.1 Å². The fourth-order valence-corrected chi connectivity index (χ4v) is 2.54. The number of nitrogens with zero attached hydrogens (tertiary/aromatic N) is 1. The van der Waals surface area contributed by atoms with E-state index >= 15 is 0 Å². The second-order valence-electron chi connectivity index (χ2n) is 7.20. The summed E-state index contributed by atoms with van der Waals surface area (Å²) in [5.41, 5.74) is -0.385. The maximum atomic E-state index is 12.1. The third-order valence-corrected chi connectivity index (χ3v) is 4.37. The summed E-state index contributed by atoms with van der Waals surface area (Å²) in [6, 6.07) is 0. The maximum Gasteiger partial charge on any atom is 0.409 e. The van der Waals surface area contributed by atoms with Crippen LogP contribution in [0.4, 0.5) is 4.79 Å². The van der Waals surface area contributed by atoms with Gasteiger partial charge >= 0.3 is 18.0 Å². The van der Waals surface area contributed by atoms with E-state index < -0.39 is 17.5 Å². The number of esters is 2. The van der Waals surface area contributed by atoms with Gasteiger partial charge in [0.2, 0.25) is 0 Å². The molecule has 1 unspecified atom stereocenters. The highest BCUT2D eigenvalue weighted by atomic mass is 16.6. The van der Waals surface area contributed by atoms with Gasteiger partial charge in [-0.1, -0.05) is 13.2 Å². The van der Waals surface area contributed by atoms with Crippen LogP contribution in [0.2, 0.25) is 0 Å². The number of carbonyl (C=O) groups excluding carboxylic acids is 3. The Kier molecular flexibility index (Phi) is 9.05. The minimum Gasteiger partial charge on any atom is -0.462 e. The number of carbonyl (C=O) groups is 3. The van der Waals surface area contributed by atoms with Crippen molar-refractivity contribution in [2.45, 2.75) is 58.5 Å². The van der Waals surface area contributed by atoms with Gasteiger partial charge in [-0.05, 0) is 40.0 Å². The van der Waals surface area contributed by atoms with E-state index in [0.717, 1.165) is 19.3 Å². The lowest BCUT2D eigenvalue weighted by Gasteiger charge is -2.30. The van der Waals surface area contributed by atoms with Crippen molar-refractivity contribution in [3.05, 3.63) is 24.3 Å². The Labute approximate surface area is 161 Å². The van der Waals surface area contributed by atoms with Gasteiger partial charge in [-0.3, -0.25) is 0 Å². The van der Waals surface area contributed by atoms with Crippen LogP contribution in [0.3, 0.4) is 0 Å². The molecule has 0 aromatic heterocycles. The summed E-state index contributed by atoms with van der Waals surface area (Å²) in [5, 5.41) is 0. The molecule has 1 saturated heterocycles. The van der Waals surface area contributed by atoms with Gasteiger partial charge in [0.15, 0.2) is 0 Å². The Bertz CT molecular complexity index is 579. The first-order valence-corrected chi connectivity index (χ1v) is 9.28. The van der Waals surface area contributed by atoms with Crippen molar-refractivity contribution in [3.8, 4) is 0 Å². The monoisotopic (exact) mass is 381 g/mol. The topological polar surface area (TPSA) is 82.1 Å². The first-order valence-electron chi connectivity index (χ1n) is 9.28. The van der Waals surface area contributed by atoms with Crippen LogP contribution in [0.15, 0.2) is 24.3 Å². The van der Waals surface area contributed by atoms with Crippen LogP contribution in [-0.2, 0) is 23.8 Å². The van der Waals surface area contributed by atoms with Gasteiger partial charge in [0.1, 0.15) is 5.60 Å². The van der Waals surface area contributed by atoms with Gasteiger partial charge in [-0.2, -0.15) is 0 Å². The molecule has 7 heteroatoms. The highest BCUT2D eigenvalue weighted by Gasteiger charge is 2.30. The van der Waals surface area contributed by atoms with E-state index in [1.807, 2.05) is 0 Å². The lowest BCUT2D eigenvalue weighted by molar-refractivity contribution is -0.157. The number of ether oxygens (including phenoxy) is 3. The van der Waals surface area contributed by atoms with Crippen LogP contribution in [0.5, 0.6) is 0 Å². The molecule has 0 aliphatic carbocycles. The molecule has 1 heterocycles. The van der Waals surface area contributed by atoms with Crippen LogP contribution < -0.4 is 0 Å². The molecule has 0 saturated carbocycles. The maximum absolute atomic E-state index is 12.1. The fraction of sp³-hybridized carbons (Fsp3) is 0.650. The molecule has 1 rings (SSSR count). The smallest absolute Gasteiger partial charge is 0.409 e. The van der Waals surface area contributed by atoms with E-state index in [0.29, 0.717) is 18.7 Å². The van der Waals surface area contributed by atoms with Gasteiger partial charge in [-0.25, -0.2) is 14.4 Å². The van der Waals surface area contributed by atoms with Crippen molar-refractivity contribution in [2.75, 3.05) is 26.3 Å². The summed E-state index contributed by atoms with van der Waals surface area (Å²) >= 11 is 0. The van der Waals surface area contributed by atoms with Crippen molar-refractivity contribution in [3.63, 3.8) is 0 Å². The Morgan fingerprint density at radius 1 is 0.889 bits per heavy atom. The quantitative estimate of drug-likeness (QED) is 0.346. The SMILES string of the molecule is C=C(C)C(=O)OCCC(C)(CCOC(=O)N1CCCCC1)OC(=O)C(=C)C. The molecule has 0 spiro atoms. The Hall–Kier alpha value is -2.31. The number of amides is 1. The summed E-state index contributed by atoms with van der Waals surface area (Å²) in [5.74, 6) is -1.04. The number of hydrogen-bond donors (Lipinski definition) is 0. The molecule has 0 N–H and O–H groups in total. The molecule has 1 aliphatic rings.